The van der Waals surface area contributed by atoms with Crippen LogP contribution in [0, 0.1) is 5.92 Å². The number of anilines is 1. The first kappa shape index (κ1) is 17.1. The molecule has 0 bridgehead atoms. The van der Waals surface area contributed by atoms with Gasteiger partial charge in [0.15, 0.2) is 0 Å². The van der Waals surface area contributed by atoms with Gasteiger partial charge < -0.3 is 5.32 Å². The SMILES string of the molecule is O=C(Nc1ccc(Cl)c(Cl)c1)[C@@H]1CC1(c1ccccc1)c1ccccc1. The Bertz CT molecular complexity index is 901. The van der Waals surface area contributed by atoms with Crippen molar-refractivity contribution in [1.82, 2.24) is 0 Å². The van der Waals surface area contributed by atoms with Crippen molar-refractivity contribution in [3.63, 3.8) is 0 Å². The minimum absolute atomic E-state index is 0.00362. The highest BCUT2D eigenvalue weighted by atomic mass is 35.5. The van der Waals surface area contributed by atoms with Crippen molar-refractivity contribution in [3.05, 3.63) is 100 Å². The summed E-state index contributed by atoms with van der Waals surface area (Å²) in [4.78, 5) is 12.9. The third kappa shape index (κ3) is 3.00. The third-order valence-corrected chi connectivity index (χ3v) is 5.78. The van der Waals surface area contributed by atoms with Crippen molar-refractivity contribution < 1.29 is 4.79 Å². The molecule has 0 unspecified atom stereocenters. The molecule has 4 heteroatoms. The van der Waals surface area contributed by atoms with Crippen molar-refractivity contribution in [2.45, 2.75) is 11.8 Å². The van der Waals surface area contributed by atoms with E-state index in [0.717, 1.165) is 6.42 Å². The average molecular weight is 382 g/mol. The summed E-state index contributed by atoms with van der Waals surface area (Å²) in [6.07, 6.45) is 0.786. The van der Waals surface area contributed by atoms with Crippen molar-refractivity contribution in [1.29, 1.82) is 0 Å². The van der Waals surface area contributed by atoms with E-state index in [-0.39, 0.29) is 17.2 Å². The predicted molar refractivity (Wildman–Crippen MR) is 107 cm³/mol. The second-order valence-electron chi connectivity index (χ2n) is 6.58. The predicted octanol–water partition coefficient (Wildman–Crippen LogP) is 5.94. The van der Waals surface area contributed by atoms with E-state index in [4.69, 9.17) is 23.2 Å². The molecule has 26 heavy (non-hydrogen) atoms. The molecule has 1 fully saturated rings. The zero-order chi connectivity index (χ0) is 18.1. The van der Waals surface area contributed by atoms with E-state index in [1.54, 1.807) is 18.2 Å². The summed E-state index contributed by atoms with van der Waals surface area (Å²) in [5.74, 6) is -0.127. The monoisotopic (exact) mass is 381 g/mol. The van der Waals surface area contributed by atoms with Crippen LogP contribution in [0.5, 0.6) is 0 Å². The highest BCUT2D eigenvalue weighted by Gasteiger charge is 2.60. The summed E-state index contributed by atoms with van der Waals surface area (Å²) in [5.41, 5.74) is 2.72. The molecule has 3 aromatic carbocycles. The molecule has 3 aromatic rings. The molecule has 1 saturated carbocycles. The average Bonchev–Trinajstić information content (AvgIpc) is 3.43. The topological polar surface area (TPSA) is 29.1 Å². The maximum absolute atomic E-state index is 12.9. The fraction of sp³-hybridized carbons (Fsp3) is 0.136. The Morgan fingerprint density at radius 2 is 1.42 bits per heavy atom. The van der Waals surface area contributed by atoms with Crippen LogP contribution in [0.15, 0.2) is 78.9 Å². The van der Waals surface area contributed by atoms with Gasteiger partial charge in [-0.25, -0.2) is 0 Å². The number of rotatable bonds is 4. The van der Waals surface area contributed by atoms with Crippen LogP contribution >= 0.6 is 23.2 Å². The lowest BCUT2D eigenvalue weighted by Gasteiger charge is -2.19. The summed E-state index contributed by atoms with van der Waals surface area (Å²) in [7, 11) is 0. The van der Waals surface area contributed by atoms with Crippen LogP contribution in [0.2, 0.25) is 10.0 Å². The number of nitrogens with one attached hydrogen (secondary N) is 1. The fourth-order valence-corrected chi connectivity index (χ4v) is 3.96. The molecule has 0 saturated heterocycles. The fourth-order valence-electron chi connectivity index (χ4n) is 3.66. The van der Waals surface area contributed by atoms with Gasteiger partial charge in [0.2, 0.25) is 5.91 Å². The van der Waals surface area contributed by atoms with Gasteiger partial charge >= 0.3 is 0 Å². The standard InChI is InChI=1S/C22H17Cl2NO/c23-19-12-11-17(13-20(19)24)25-21(26)18-14-22(18,15-7-3-1-4-8-15)16-9-5-2-6-10-16/h1-13,18H,14H2,(H,25,26)/t18-/m0/s1. The van der Waals surface area contributed by atoms with Gasteiger partial charge in [0.1, 0.15) is 0 Å². The van der Waals surface area contributed by atoms with Gasteiger partial charge in [0, 0.05) is 11.1 Å². The van der Waals surface area contributed by atoms with Crippen LogP contribution in [0.25, 0.3) is 0 Å². The van der Waals surface area contributed by atoms with Crippen molar-refractivity contribution in [2.24, 2.45) is 5.92 Å². The number of benzene rings is 3. The Kier molecular flexibility index (Phi) is 4.47. The normalized spacial score (nSPS) is 17.5. The summed E-state index contributed by atoms with van der Waals surface area (Å²) >= 11 is 12.0. The van der Waals surface area contributed by atoms with Crippen LogP contribution in [-0.2, 0) is 10.2 Å². The molecule has 0 aromatic heterocycles. The molecule has 2 nitrogen and oxygen atoms in total. The third-order valence-electron chi connectivity index (χ3n) is 5.04. The maximum atomic E-state index is 12.9. The van der Waals surface area contributed by atoms with Crippen LogP contribution < -0.4 is 5.32 Å². The van der Waals surface area contributed by atoms with E-state index in [0.29, 0.717) is 15.7 Å². The molecule has 1 N–H and O–H groups in total. The van der Waals surface area contributed by atoms with Crippen LogP contribution in [-0.4, -0.2) is 5.91 Å². The van der Waals surface area contributed by atoms with Gasteiger partial charge in [-0.2, -0.15) is 0 Å². The maximum Gasteiger partial charge on any atom is 0.228 e. The van der Waals surface area contributed by atoms with Crippen molar-refractivity contribution in [2.75, 3.05) is 5.32 Å². The van der Waals surface area contributed by atoms with Crippen molar-refractivity contribution >= 4 is 34.8 Å². The lowest BCUT2D eigenvalue weighted by atomic mass is 9.85. The first-order valence-electron chi connectivity index (χ1n) is 8.48. The molecular weight excluding hydrogens is 365 g/mol. The van der Waals surface area contributed by atoms with Gasteiger partial charge in [-0.1, -0.05) is 83.9 Å². The molecule has 4 rings (SSSR count). The molecule has 0 radical (unpaired) electrons. The molecule has 1 aliphatic carbocycles. The van der Waals surface area contributed by atoms with Crippen LogP contribution in [0.4, 0.5) is 5.69 Å². The molecular formula is C22H17Cl2NO. The zero-order valence-corrected chi connectivity index (χ0v) is 15.5. The Balaban J connectivity index is 1.64. The van der Waals surface area contributed by atoms with Gasteiger partial charge in [-0.3, -0.25) is 4.79 Å². The van der Waals surface area contributed by atoms with E-state index in [1.165, 1.54) is 11.1 Å². The Morgan fingerprint density at radius 3 is 1.96 bits per heavy atom. The van der Waals surface area contributed by atoms with E-state index in [1.807, 2.05) is 36.4 Å². The van der Waals surface area contributed by atoms with Crippen LogP contribution in [0.3, 0.4) is 0 Å². The van der Waals surface area contributed by atoms with Gasteiger partial charge in [-0.05, 0) is 35.7 Å². The van der Waals surface area contributed by atoms with Crippen molar-refractivity contribution in [3.8, 4) is 0 Å². The molecule has 130 valence electrons. The molecule has 0 aliphatic heterocycles. The second-order valence-corrected chi connectivity index (χ2v) is 7.39. The highest BCUT2D eigenvalue weighted by molar-refractivity contribution is 6.42. The zero-order valence-electron chi connectivity index (χ0n) is 14.0. The molecule has 0 heterocycles. The lowest BCUT2D eigenvalue weighted by molar-refractivity contribution is -0.117. The largest absolute Gasteiger partial charge is 0.326 e. The number of hydrogen-bond donors (Lipinski definition) is 1. The molecule has 0 spiro atoms. The number of halogens is 2. The second kappa shape index (κ2) is 6.79. The smallest absolute Gasteiger partial charge is 0.228 e. The lowest BCUT2D eigenvalue weighted by Crippen LogP contribution is -2.22. The van der Waals surface area contributed by atoms with E-state index >= 15 is 0 Å². The first-order chi connectivity index (χ1) is 12.6. The summed E-state index contributed by atoms with van der Waals surface area (Å²) < 4.78 is 0. The van der Waals surface area contributed by atoms with Gasteiger partial charge in [0.05, 0.1) is 16.0 Å². The van der Waals surface area contributed by atoms with Crippen LogP contribution in [0.1, 0.15) is 17.5 Å². The number of carbonyl (C=O) groups excluding carboxylic acids is 1. The summed E-state index contributed by atoms with van der Waals surface area (Å²) in [5, 5.41) is 3.88. The quantitative estimate of drug-likeness (QED) is 0.595. The molecule has 1 aliphatic rings. The first-order valence-corrected chi connectivity index (χ1v) is 9.24. The minimum Gasteiger partial charge on any atom is -0.326 e. The molecule has 1 atom stereocenters. The van der Waals surface area contributed by atoms with Gasteiger partial charge in [0.25, 0.3) is 0 Å². The Labute approximate surface area is 162 Å². The van der Waals surface area contributed by atoms with E-state index < -0.39 is 0 Å². The highest BCUT2D eigenvalue weighted by Crippen LogP contribution is 2.59. The molecule has 1 amide bonds. The Hall–Kier alpha value is -2.29. The summed E-state index contributed by atoms with van der Waals surface area (Å²) in [6.45, 7) is 0. The Morgan fingerprint density at radius 1 is 0.846 bits per heavy atom. The van der Waals surface area contributed by atoms with Gasteiger partial charge in [-0.15, -0.1) is 0 Å². The number of amides is 1. The summed E-state index contributed by atoms with van der Waals surface area (Å²) in [6, 6.07) is 25.6. The van der Waals surface area contributed by atoms with E-state index in [9.17, 15) is 4.79 Å². The minimum atomic E-state index is -0.275. The number of hydrogen-bond acceptors (Lipinski definition) is 1. The number of carbonyl (C=O) groups is 1. The van der Waals surface area contributed by atoms with E-state index in [2.05, 4.69) is 29.6 Å².